The first-order chi connectivity index (χ1) is 15.6. The summed E-state index contributed by atoms with van der Waals surface area (Å²) in [4.78, 5) is 26.2. The van der Waals surface area contributed by atoms with E-state index in [1.807, 2.05) is 6.08 Å². The summed E-state index contributed by atoms with van der Waals surface area (Å²) in [5.74, 6) is 0.106. The van der Waals surface area contributed by atoms with Gasteiger partial charge in [-0.2, -0.15) is 0 Å². The molecule has 32 heavy (non-hydrogen) atoms. The fraction of sp³-hybridized carbons (Fsp3) is 0.481. The van der Waals surface area contributed by atoms with Crippen molar-refractivity contribution in [3.8, 4) is 0 Å². The zero-order valence-electron chi connectivity index (χ0n) is 19.6. The van der Waals surface area contributed by atoms with Crippen molar-refractivity contribution in [3.63, 3.8) is 0 Å². The summed E-state index contributed by atoms with van der Waals surface area (Å²) in [5.41, 5.74) is 0. The van der Waals surface area contributed by atoms with E-state index >= 15 is 0 Å². The number of nitrogens with zero attached hydrogens (tertiary/aromatic N) is 2. The Bertz CT molecular complexity index is 694. The maximum atomic E-state index is 12.2. The molecule has 0 aliphatic carbocycles. The van der Waals surface area contributed by atoms with Crippen molar-refractivity contribution in [1.82, 2.24) is 9.80 Å². The standard InChI is InChI=1S/C27H40N2O3/c1-2-3-4-5-6-7-8-9-10-11-12-13-14-15-16-17-18-19-20-21-26(30)28-22-24-29(25-23-28)27(31)32/h3-4,6-7,9-10,12-13,15-16,18-19H,2,5,8,11,14,17,20-25H2,1H3,(H,31,32)/b4-3+,7-6+,10-9+,13-12+,16-15+,19-18+. The first-order valence-electron chi connectivity index (χ1n) is 11.8. The van der Waals surface area contributed by atoms with Crippen LogP contribution in [0.15, 0.2) is 72.9 Å². The third kappa shape index (κ3) is 14.2. The quantitative estimate of drug-likeness (QED) is 0.323. The molecular formula is C27H40N2O3. The molecular weight excluding hydrogens is 400 g/mol. The molecule has 0 saturated carbocycles. The molecule has 1 aliphatic heterocycles. The molecule has 5 heteroatoms. The number of amides is 2. The van der Waals surface area contributed by atoms with Gasteiger partial charge in [-0.05, 0) is 44.9 Å². The van der Waals surface area contributed by atoms with Gasteiger partial charge in [0.2, 0.25) is 5.91 Å². The number of hydrogen-bond acceptors (Lipinski definition) is 2. The highest BCUT2D eigenvalue weighted by Gasteiger charge is 2.22. The molecule has 1 N–H and O–H groups in total. The summed E-state index contributed by atoms with van der Waals surface area (Å²) in [7, 11) is 0. The Morgan fingerprint density at radius 2 is 1.00 bits per heavy atom. The molecule has 0 atom stereocenters. The Hall–Kier alpha value is -2.82. The van der Waals surface area contributed by atoms with Crippen LogP contribution in [0.5, 0.6) is 0 Å². The number of rotatable bonds is 14. The van der Waals surface area contributed by atoms with Gasteiger partial charge in [0.1, 0.15) is 0 Å². The summed E-state index contributed by atoms with van der Waals surface area (Å²) in [5, 5.41) is 8.94. The van der Waals surface area contributed by atoms with Crippen LogP contribution in [0.3, 0.4) is 0 Å². The van der Waals surface area contributed by atoms with Gasteiger partial charge in [0.05, 0.1) is 0 Å². The van der Waals surface area contributed by atoms with E-state index in [4.69, 9.17) is 5.11 Å². The number of allylic oxidation sites excluding steroid dienone is 12. The molecule has 176 valence electrons. The first-order valence-corrected chi connectivity index (χ1v) is 11.8. The van der Waals surface area contributed by atoms with Gasteiger partial charge in [-0.1, -0.05) is 79.8 Å². The summed E-state index contributed by atoms with van der Waals surface area (Å²) >= 11 is 0. The van der Waals surface area contributed by atoms with Gasteiger partial charge in [-0.15, -0.1) is 0 Å². The molecule has 0 aromatic carbocycles. The fourth-order valence-corrected chi connectivity index (χ4v) is 3.15. The van der Waals surface area contributed by atoms with Crippen LogP contribution in [0, 0.1) is 0 Å². The maximum Gasteiger partial charge on any atom is 0.407 e. The van der Waals surface area contributed by atoms with Crippen LogP contribution in [-0.2, 0) is 4.79 Å². The van der Waals surface area contributed by atoms with Gasteiger partial charge in [0, 0.05) is 32.6 Å². The van der Waals surface area contributed by atoms with Crippen molar-refractivity contribution < 1.29 is 14.7 Å². The van der Waals surface area contributed by atoms with E-state index in [9.17, 15) is 9.59 Å². The Labute approximate surface area is 194 Å². The Morgan fingerprint density at radius 1 is 0.625 bits per heavy atom. The van der Waals surface area contributed by atoms with Crippen LogP contribution in [0.1, 0.15) is 58.3 Å². The van der Waals surface area contributed by atoms with Crippen molar-refractivity contribution in [2.45, 2.75) is 58.3 Å². The number of carbonyl (C=O) groups is 2. The topological polar surface area (TPSA) is 60.9 Å². The molecule has 0 unspecified atom stereocenters. The first kappa shape index (κ1) is 27.2. The van der Waals surface area contributed by atoms with Crippen LogP contribution in [0.4, 0.5) is 4.79 Å². The molecule has 1 heterocycles. The summed E-state index contributed by atoms with van der Waals surface area (Å²) in [6.07, 6.45) is 32.2. The van der Waals surface area contributed by atoms with Crippen molar-refractivity contribution in [2.24, 2.45) is 0 Å². The van der Waals surface area contributed by atoms with Crippen molar-refractivity contribution in [3.05, 3.63) is 72.9 Å². The molecule has 0 aromatic heterocycles. The Balaban J connectivity index is 2.00. The molecule has 1 saturated heterocycles. The van der Waals surface area contributed by atoms with Crippen molar-refractivity contribution >= 4 is 12.0 Å². The lowest BCUT2D eigenvalue weighted by atomic mass is 10.2. The van der Waals surface area contributed by atoms with Crippen LogP contribution in [0.2, 0.25) is 0 Å². The summed E-state index contributed by atoms with van der Waals surface area (Å²) < 4.78 is 0. The van der Waals surface area contributed by atoms with Crippen LogP contribution < -0.4 is 0 Å². The van der Waals surface area contributed by atoms with Crippen molar-refractivity contribution in [2.75, 3.05) is 26.2 Å². The molecule has 5 nitrogen and oxygen atoms in total. The van der Waals surface area contributed by atoms with E-state index in [1.165, 1.54) is 4.90 Å². The van der Waals surface area contributed by atoms with Gasteiger partial charge in [-0.25, -0.2) is 4.79 Å². The van der Waals surface area contributed by atoms with E-state index in [-0.39, 0.29) is 5.91 Å². The minimum absolute atomic E-state index is 0.106. The van der Waals surface area contributed by atoms with Gasteiger partial charge >= 0.3 is 6.09 Å². The minimum Gasteiger partial charge on any atom is -0.465 e. The van der Waals surface area contributed by atoms with E-state index in [0.29, 0.717) is 32.6 Å². The van der Waals surface area contributed by atoms with Gasteiger partial charge in [0.15, 0.2) is 0 Å². The second-order valence-electron chi connectivity index (χ2n) is 7.60. The second kappa shape index (κ2) is 18.9. The average Bonchev–Trinajstić information content (AvgIpc) is 2.80. The second-order valence-corrected chi connectivity index (χ2v) is 7.60. The van der Waals surface area contributed by atoms with E-state index in [1.54, 1.807) is 4.90 Å². The van der Waals surface area contributed by atoms with Gasteiger partial charge < -0.3 is 14.9 Å². The zero-order valence-corrected chi connectivity index (χ0v) is 19.6. The lowest BCUT2D eigenvalue weighted by Crippen LogP contribution is -2.50. The van der Waals surface area contributed by atoms with Crippen molar-refractivity contribution in [1.29, 1.82) is 0 Å². The summed E-state index contributed by atoms with van der Waals surface area (Å²) in [6.45, 7) is 3.94. The zero-order chi connectivity index (χ0) is 23.3. The fourth-order valence-electron chi connectivity index (χ4n) is 3.15. The lowest BCUT2D eigenvalue weighted by Gasteiger charge is -2.33. The largest absolute Gasteiger partial charge is 0.465 e. The number of carbonyl (C=O) groups excluding carboxylic acids is 1. The predicted octanol–water partition coefficient (Wildman–Crippen LogP) is 6.29. The van der Waals surface area contributed by atoms with E-state index in [2.05, 4.69) is 73.8 Å². The molecule has 0 spiro atoms. The molecule has 0 radical (unpaired) electrons. The van der Waals surface area contributed by atoms with Gasteiger partial charge in [0.25, 0.3) is 0 Å². The smallest absolute Gasteiger partial charge is 0.407 e. The van der Waals surface area contributed by atoms with Crippen LogP contribution in [-0.4, -0.2) is 53.1 Å². The van der Waals surface area contributed by atoms with E-state index in [0.717, 1.165) is 44.9 Å². The number of carboxylic acid groups (broad SMARTS) is 1. The van der Waals surface area contributed by atoms with Crippen LogP contribution in [0.25, 0.3) is 0 Å². The molecule has 1 rings (SSSR count). The third-order valence-electron chi connectivity index (χ3n) is 5.02. The Morgan fingerprint density at radius 3 is 1.41 bits per heavy atom. The monoisotopic (exact) mass is 440 g/mol. The SMILES string of the molecule is CC/C=C/C/C=C/C/C=C/C/C=C/C/C=C/C/C=C/CCC(=O)N1CCN(C(=O)O)CC1. The van der Waals surface area contributed by atoms with E-state index < -0.39 is 6.09 Å². The number of piperazine rings is 1. The summed E-state index contributed by atoms with van der Waals surface area (Å²) in [6, 6.07) is 0. The molecule has 0 bridgehead atoms. The molecule has 1 aliphatic rings. The normalized spacial score (nSPS) is 15.7. The minimum atomic E-state index is -0.907. The molecule has 0 aromatic rings. The average molecular weight is 441 g/mol. The number of hydrogen-bond donors (Lipinski definition) is 1. The van der Waals surface area contributed by atoms with Crippen LogP contribution >= 0.6 is 0 Å². The lowest BCUT2D eigenvalue weighted by molar-refractivity contribution is -0.132. The molecule has 1 fully saturated rings. The van der Waals surface area contributed by atoms with Gasteiger partial charge in [-0.3, -0.25) is 4.79 Å². The molecule has 2 amide bonds. The predicted molar refractivity (Wildman–Crippen MR) is 134 cm³/mol. The highest BCUT2D eigenvalue weighted by molar-refractivity contribution is 5.76. The maximum absolute atomic E-state index is 12.2. The highest BCUT2D eigenvalue weighted by Crippen LogP contribution is 2.06. The Kier molecular flexibility index (Phi) is 16.1. The highest BCUT2D eigenvalue weighted by atomic mass is 16.4. The third-order valence-corrected chi connectivity index (χ3v) is 5.02.